The third kappa shape index (κ3) is 5.26. The van der Waals surface area contributed by atoms with Crippen molar-refractivity contribution < 1.29 is 14.3 Å². The molecule has 0 radical (unpaired) electrons. The Bertz CT molecular complexity index is 542. The Morgan fingerprint density at radius 2 is 2.09 bits per heavy atom. The fraction of sp³-hybridized carbons (Fsp3) is 0.562. The van der Waals surface area contributed by atoms with E-state index in [0.29, 0.717) is 18.0 Å². The molecule has 0 aliphatic heterocycles. The maximum atomic E-state index is 12.2. The fourth-order valence-corrected chi connectivity index (χ4v) is 3.52. The molecule has 2 unspecified atom stereocenters. The van der Waals surface area contributed by atoms with E-state index in [1.807, 2.05) is 12.1 Å². The Hall–Kier alpha value is -0.980. The van der Waals surface area contributed by atoms with Gasteiger partial charge in [0.2, 0.25) is 5.91 Å². The minimum absolute atomic E-state index is 0. The molecule has 1 saturated carbocycles. The van der Waals surface area contributed by atoms with Gasteiger partial charge in [-0.15, -0.1) is 12.4 Å². The molecule has 1 aliphatic carbocycles. The van der Waals surface area contributed by atoms with Gasteiger partial charge in [0.1, 0.15) is 0 Å². The molecule has 0 saturated heterocycles. The third-order valence-electron chi connectivity index (χ3n) is 4.05. The van der Waals surface area contributed by atoms with E-state index in [0.717, 1.165) is 35.7 Å². The highest BCUT2D eigenvalue weighted by atomic mass is 79.9. The number of halogens is 2. The van der Waals surface area contributed by atoms with E-state index in [1.54, 1.807) is 14.2 Å². The van der Waals surface area contributed by atoms with Crippen LogP contribution in [0.1, 0.15) is 31.2 Å². The second-order valence-corrected chi connectivity index (χ2v) is 6.51. The van der Waals surface area contributed by atoms with E-state index in [-0.39, 0.29) is 30.3 Å². The van der Waals surface area contributed by atoms with E-state index in [4.69, 9.17) is 15.2 Å². The molecule has 1 aromatic carbocycles. The molecule has 0 aromatic heterocycles. The highest BCUT2D eigenvalue weighted by Crippen LogP contribution is 2.36. The first-order valence-electron chi connectivity index (χ1n) is 7.48. The van der Waals surface area contributed by atoms with Gasteiger partial charge in [-0.25, -0.2) is 0 Å². The van der Waals surface area contributed by atoms with E-state index in [1.165, 1.54) is 0 Å². The number of methoxy groups -OCH3 is 2. The van der Waals surface area contributed by atoms with Gasteiger partial charge in [0.15, 0.2) is 11.5 Å². The summed E-state index contributed by atoms with van der Waals surface area (Å²) in [5, 5.41) is 2.99. The van der Waals surface area contributed by atoms with Crippen LogP contribution in [0.2, 0.25) is 0 Å². The lowest BCUT2D eigenvalue weighted by Gasteiger charge is -2.25. The first-order chi connectivity index (χ1) is 10.5. The van der Waals surface area contributed by atoms with E-state index in [2.05, 4.69) is 21.2 Å². The Kier molecular flexibility index (Phi) is 8.16. The summed E-state index contributed by atoms with van der Waals surface area (Å²) in [6.45, 7) is 0.462. The van der Waals surface area contributed by atoms with Crippen molar-refractivity contribution in [2.75, 3.05) is 14.2 Å². The molecule has 1 aromatic rings. The first-order valence-corrected chi connectivity index (χ1v) is 8.28. The summed E-state index contributed by atoms with van der Waals surface area (Å²) in [5.41, 5.74) is 6.90. The van der Waals surface area contributed by atoms with Crippen molar-refractivity contribution in [3.8, 4) is 11.5 Å². The zero-order chi connectivity index (χ0) is 16.1. The molecule has 23 heavy (non-hydrogen) atoms. The van der Waals surface area contributed by atoms with Crippen molar-refractivity contribution in [1.29, 1.82) is 0 Å². The van der Waals surface area contributed by atoms with Gasteiger partial charge in [-0.2, -0.15) is 0 Å². The Morgan fingerprint density at radius 3 is 2.70 bits per heavy atom. The fourth-order valence-electron chi connectivity index (χ4n) is 2.87. The molecule has 5 nitrogen and oxygen atoms in total. The van der Waals surface area contributed by atoms with Gasteiger partial charge in [-0.1, -0.05) is 6.42 Å². The molecule has 1 amide bonds. The van der Waals surface area contributed by atoms with Crippen molar-refractivity contribution in [2.24, 2.45) is 11.7 Å². The standard InChI is InChI=1S/C16H23BrN2O3.ClH/c1-21-14-7-10(6-13(17)15(14)22-2)9-19-16(20)11-4-3-5-12(18)8-11;/h6-7,11-12H,3-5,8-9,18H2,1-2H3,(H,19,20);1H. The number of hydrogen-bond acceptors (Lipinski definition) is 4. The average Bonchev–Trinajstić information content (AvgIpc) is 2.51. The molecule has 1 aliphatic rings. The molecular weight excluding hydrogens is 384 g/mol. The van der Waals surface area contributed by atoms with Gasteiger partial charge >= 0.3 is 0 Å². The number of nitrogens with two attached hydrogens (primary N) is 1. The van der Waals surface area contributed by atoms with Crippen molar-refractivity contribution in [2.45, 2.75) is 38.3 Å². The van der Waals surface area contributed by atoms with Gasteiger partial charge in [-0.05, 0) is 52.9 Å². The number of ether oxygens (including phenoxy) is 2. The summed E-state index contributed by atoms with van der Waals surface area (Å²) in [6.07, 6.45) is 3.75. The topological polar surface area (TPSA) is 73.6 Å². The maximum Gasteiger partial charge on any atom is 0.223 e. The van der Waals surface area contributed by atoms with Crippen LogP contribution in [0, 0.1) is 5.92 Å². The summed E-state index contributed by atoms with van der Waals surface area (Å²) in [6, 6.07) is 3.95. The molecule has 2 atom stereocenters. The maximum absolute atomic E-state index is 12.2. The monoisotopic (exact) mass is 406 g/mol. The van der Waals surface area contributed by atoms with E-state index < -0.39 is 0 Å². The molecule has 0 heterocycles. The molecule has 2 rings (SSSR count). The van der Waals surface area contributed by atoms with Crippen LogP contribution < -0.4 is 20.5 Å². The lowest BCUT2D eigenvalue weighted by atomic mass is 9.85. The molecule has 0 spiro atoms. The van der Waals surface area contributed by atoms with Crippen LogP contribution in [0.25, 0.3) is 0 Å². The number of nitrogens with one attached hydrogen (secondary N) is 1. The number of rotatable bonds is 5. The van der Waals surface area contributed by atoms with E-state index in [9.17, 15) is 4.79 Å². The van der Waals surface area contributed by atoms with Crippen LogP contribution in [-0.2, 0) is 11.3 Å². The first kappa shape index (κ1) is 20.1. The minimum Gasteiger partial charge on any atom is -0.493 e. The Labute approximate surface area is 151 Å². The molecule has 0 bridgehead atoms. The second-order valence-electron chi connectivity index (χ2n) is 5.65. The number of amides is 1. The van der Waals surface area contributed by atoms with Gasteiger partial charge in [0.05, 0.1) is 18.7 Å². The smallest absolute Gasteiger partial charge is 0.223 e. The third-order valence-corrected chi connectivity index (χ3v) is 4.63. The van der Waals surface area contributed by atoms with Gasteiger partial charge in [0, 0.05) is 18.5 Å². The summed E-state index contributed by atoms with van der Waals surface area (Å²) in [5.74, 6) is 1.41. The van der Waals surface area contributed by atoms with Crippen LogP contribution >= 0.6 is 28.3 Å². The lowest BCUT2D eigenvalue weighted by molar-refractivity contribution is -0.126. The predicted molar refractivity (Wildman–Crippen MR) is 96.3 cm³/mol. The average molecular weight is 408 g/mol. The molecule has 7 heteroatoms. The zero-order valence-corrected chi connectivity index (χ0v) is 15.8. The number of benzene rings is 1. The Balaban J connectivity index is 0.00000264. The Morgan fingerprint density at radius 1 is 1.35 bits per heavy atom. The van der Waals surface area contributed by atoms with Gasteiger partial charge < -0.3 is 20.5 Å². The summed E-state index contributed by atoms with van der Waals surface area (Å²) < 4.78 is 11.4. The largest absolute Gasteiger partial charge is 0.493 e. The summed E-state index contributed by atoms with van der Waals surface area (Å²) >= 11 is 3.46. The number of hydrogen-bond donors (Lipinski definition) is 2. The number of carbonyl (C=O) groups excluding carboxylic acids is 1. The summed E-state index contributed by atoms with van der Waals surface area (Å²) in [7, 11) is 3.19. The molecule has 3 N–H and O–H groups in total. The molecule has 1 fully saturated rings. The second kappa shape index (κ2) is 9.35. The minimum atomic E-state index is 0. The van der Waals surface area contributed by atoms with Crippen molar-refractivity contribution in [3.63, 3.8) is 0 Å². The lowest BCUT2D eigenvalue weighted by Crippen LogP contribution is -2.37. The molecular formula is C16H24BrClN2O3. The van der Waals surface area contributed by atoms with Crippen LogP contribution in [0.3, 0.4) is 0 Å². The van der Waals surface area contributed by atoms with Crippen LogP contribution in [-0.4, -0.2) is 26.2 Å². The van der Waals surface area contributed by atoms with Gasteiger partial charge in [0.25, 0.3) is 0 Å². The zero-order valence-electron chi connectivity index (χ0n) is 13.4. The highest BCUT2D eigenvalue weighted by molar-refractivity contribution is 9.10. The SMILES string of the molecule is COc1cc(CNC(=O)C2CCCC(N)C2)cc(Br)c1OC.Cl. The number of carbonyl (C=O) groups is 1. The highest BCUT2D eigenvalue weighted by Gasteiger charge is 2.25. The molecule has 130 valence electrons. The summed E-state index contributed by atoms with van der Waals surface area (Å²) in [4.78, 5) is 12.2. The van der Waals surface area contributed by atoms with Crippen molar-refractivity contribution >= 4 is 34.2 Å². The quantitative estimate of drug-likeness (QED) is 0.787. The van der Waals surface area contributed by atoms with Crippen molar-refractivity contribution in [3.05, 3.63) is 22.2 Å². The predicted octanol–water partition coefficient (Wildman–Crippen LogP) is 3.02. The van der Waals surface area contributed by atoms with Crippen LogP contribution in [0.4, 0.5) is 0 Å². The van der Waals surface area contributed by atoms with Crippen molar-refractivity contribution in [1.82, 2.24) is 5.32 Å². The van der Waals surface area contributed by atoms with E-state index >= 15 is 0 Å². The van der Waals surface area contributed by atoms with Crippen LogP contribution in [0.5, 0.6) is 11.5 Å². The van der Waals surface area contributed by atoms with Gasteiger partial charge in [-0.3, -0.25) is 4.79 Å². The normalized spacial score (nSPS) is 20.3. The van der Waals surface area contributed by atoms with Crippen LogP contribution in [0.15, 0.2) is 16.6 Å².